The van der Waals surface area contributed by atoms with Crippen molar-refractivity contribution in [3.05, 3.63) is 11.9 Å². The minimum atomic E-state index is -3.43. The molecule has 1 fully saturated rings. The topological polar surface area (TPSA) is 121 Å². The van der Waals surface area contributed by atoms with Crippen molar-refractivity contribution in [1.29, 1.82) is 0 Å². The molecule has 1 saturated carbocycles. The smallest absolute Gasteiger partial charge is 0.209 e. The lowest BCUT2D eigenvalue weighted by atomic mass is 10.1. The third-order valence-corrected chi connectivity index (χ3v) is 4.38. The SMILES string of the molecule is CN(C)Cc1cn(CC2CC(NS(C)(=O)=O)C(O)C2O)nn1. The Bertz CT molecular complexity index is 602. The fourth-order valence-corrected chi connectivity index (χ4v) is 3.55. The summed E-state index contributed by atoms with van der Waals surface area (Å²) in [5.74, 6) is -0.289. The van der Waals surface area contributed by atoms with Gasteiger partial charge in [-0.3, -0.25) is 4.68 Å². The van der Waals surface area contributed by atoms with Gasteiger partial charge in [0, 0.05) is 25.2 Å². The van der Waals surface area contributed by atoms with Gasteiger partial charge in [0.05, 0.1) is 30.2 Å². The van der Waals surface area contributed by atoms with E-state index in [0.717, 1.165) is 11.9 Å². The predicted molar refractivity (Wildman–Crippen MR) is 79.3 cm³/mol. The minimum absolute atomic E-state index is 0.289. The van der Waals surface area contributed by atoms with Gasteiger partial charge in [0.25, 0.3) is 0 Å². The molecule has 0 aromatic carbocycles. The molecule has 0 radical (unpaired) electrons. The van der Waals surface area contributed by atoms with E-state index >= 15 is 0 Å². The van der Waals surface area contributed by atoms with E-state index in [9.17, 15) is 18.6 Å². The number of nitrogens with one attached hydrogen (secondary N) is 1. The van der Waals surface area contributed by atoms with Crippen molar-refractivity contribution in [3.63, 3.8) is 0 Å². The summed E-state index contributed by atoms with van der Waals surface area (Å²) in [6.07, 6.45) is 1.05. The molecule has 126 valence electrons. The van der Waals surface area contributed by atoms with Crippen LogP contribution in [0.15, 0.2) is 6.20 Å². The maximum absolute atomic E-state index is 11.3. The third-order valence-electron chi connectivity index (χ3n) is 3.65. The molecule has 4 atom stereocenters. The highest BCUT2D eigenvalue weighted by Crippen LogP contribution is 2.28. The summed E-state index contributed by atoms with van der Waals surface area (Å²) in [5.41, 5.74) is 0.809. The van der Waals surface area contributed by atoms with Crippen LogP contribution in [0.1, 0.15) is 12.1 Å². The summed E-state index contributed by atoms with van der Waals surface area (Å²) < 4.78 is 26.5. The summed E-state index contributed by atoms with van der Waals surface area (Å²) in [7, 11) is 0.425. The molecule has 0 saturated heterocycles. The van der Waals surface area contributed by atoms with E-state index in [1.54, 1.807) is 10.9 Å². The van der Waals surface area contributed by atoms with Gasteiger partial charge in [-0.15, -0.1) is 5.10 Å². The maximum Gasteiger partial charge on any atom is 0.209 e. The summed E-state index contributed by atoms with van der Waals surface area (Å²) in [6.45, 7) is 1.04. The van der Waals surface area contributed by atoms with Crippen molar-refractivity contribution in [3.8, 4) is 0 Å². The molecule has 4 unspecified atom stereocenters. The number of hydrogen-bond acceptors (Lipinski definition) is 7. The van der Waals surface area contributed by atoms with E-state index in [2.05, 4.69) is 15.0 Å². The number of sulfonamides is 1. The Morgan fingerprint density at radius 2 is 2.09 bits per heavy atom. The second-order valence-electron chi connectivity index (χ2n) is 6.14. The van der Waals surface area contributed by atoms with Gasteiger partial charge in [0.15, 0.2) is 0 Å². The van der Waals surface area contributed by atoms with Crippen molar-refractivity contribution < 1.29 is 18.6 Å². The van der Waals surface area contributed by atoms with Crippen LogP contribution in [-0.4, -0.2) is 77.1 Å². The van der Waals surface area contributed by atoms with Crippen molar-refractivity contribution in [1.82, 2.24) is 24.6 Å². The molecule has 0 aliphatic heterocycles. The molecule has 0 amide bonds. The van der Waals surface area contributed by atoms with Crippen LogP contribution in [0.3, 0.4) is 0 Å². The number of aromatic nitrogens is 3. The Morgan fingerprint density at radius 3 is 2.68 bits per heavy atom. The van der Waals surface area contributed by atoms with E-state index in [4.69, 9.17) is 0 Å². The Kier molecular flexibility index (Phi) is 5.17. The Balaban J connectivity index is 1.99. The van der Waals surface area contributed by atoms with Crippen molar-refractivity contribution in [2.24, 2.45) is 5.92 Å². The summed E-state index contributed by atoms with van der Waals surface area (Å²) in [6, 6.07) is -0.681. The molecule has 1 aliphatic carbocycles. The van der Waals surface area contributed by atoms with E-state index < -0.39 is 28.3 Å². The number of rotatable bonds is 6. The largest absolute Gasteiger partial charge is 0.390 e. The number of hydrogen-bond donors (Lipinski definition) is 3. The first-order chi connectivity index (χ1) is 10.2. The Hall–Kier alpha value is -1.07. The molecule has 2 rings (SSSR count). The van der Waals surface area contributed by atoms with Crippen molar-refractivity contribution in [2.75, 3.05) is 20.4 Å². The molecule has 3 N–H and O–H groups in total. The van der Waals surface area contributed by atoms with Crippen LogP contribution >= 0.6 is 0 Å². The molecular formula is C12H23N5O4S. The average Bonchev–Trinajstić information content (AvgIpc) is 2.89. The summed E-state index contributed by atoms with van der Waals surface area (Å²) in [4.78, 5) is 1.97. The monoisotopic (exact) mass is 333 g/mol. The zero-order valence-electron chi connectivity index (χ0n) is 12.9. The standard InChI is InChI=1S/C12H23N5O4S/c1-16(2)6-9-7-17(15-13-9)5-8-4-10(12(19)11(8)18)14-22(3,20)21/h7-8,10-12,14,18-19H,4-6H2,1-3H3. The lowest BCUT2D eigenvalue weighted by molar-refractivity contribution is 0.00974. The first-order valence-electron chi connectivity index (χ1n) is 7.03. The van der Waals surface area contributed by atoms with E-state index in [1.165, 1.54) is 0 Å². The van der Waals surface area contributed by atoms with Gasteiger partial charge < -0.3 is 15.1 Å². The van der Waals surface area contributed by atoms with Crippen molar-refractivity contribution >= 4 is 10.0 Å². The molecule has 9 nitrogen and oxygen atoms in total. The van der Waals surface area contributed by atoms with Crippen LogP contribution in [0.25, 0.3) is 0 Å². The lowest BCUT2D eigenvalue weighted by Gasteiger charge is -2.17. The maximum atomic E-state index is 11.3. The molecule has 1 aliphatic rings. The molecule has 22 heavy (non-hydrogen) atoms. The Morgan fingerprint density at radius 1 is 1.41 bits per heavy atom. The highest BCUT2D eigenvalue weighted by molar-refractivity contribution is 7.88. The van der Waals surface area contributed by atoms with Crippen LogP contribution in [0.5, 0.6) is 0 Å². The van der Waals surface area contributed by atoms with Crippen LogP contribution in [0.2, 0.25) is 0 Å². The van der Waals surface area contributed by atoms with Crippen molar-refractivity contribution in [2.45, 2.75) is 37.8 Å². The lowest BCUT2D eigenvalue weighted by Crippen LogP contribution is -2.42. The fourth-order valence-electron chi connectivity index (χ4n) is 2.76. The zero-order valence-corrected chi connectivity index (χ0v) is 13.7. The molecule has 10 heteroatoms. The predicted octanol–water partition coefficient (Wildman–Crippen LogP) is -2.00. The van der Waals surface area contributed by atoms with E-state index in [-0.39, 0.29) is 5.92 Å². The highest BCUT2D eigenvalue weighted by Gasteiger charge is 2.42. The van der Waals surface area contributed by atoms with Crippen LogP contribution < -0.4 is 4.72 Å². The minimum Gasteiger partial charge on any atom is -0.390 e. The average molecular weight is 333 g/mol. The van der Waals surface area contributed by atoms with Gasteiger partial charge >= 0.3 is 0 Å². The van der Waals surface area contributed by atoms with E-state index in [0.29, 0.717) is 19.5 Å². The molecule has 0 spiro atoms. The van der Waals surface area contributed by atoms with Crippen LogP contribution in [-0.2, 0) is 23.1 Å². The molecule has 1 aromatic rings. The Labute approximate surface area is 130 Å². The number of aliphatic hydroxyl groups excluding tert-OH is 2. The van der Waals surface area contributed by atoms with Gasteiger partial charge in [0.1, 0.15) is 0 Å². The molecular weight excluding hydrogens is 310 g/mol. The van der Waals surface area contributed by atoms with Crippen LogP contribution in [0, 0.1) is 5.92 Å². The second-order valence-corrected chi connectivity index (χ2v) is 7.92. The van der Waals surface area contributed by atoms with E-state index in [1.807, 2.05) is 19.0 Å². The van der Waals surface area contributed by atoms with Gasteiger partial charge in [-0.05, 0) is 20.5 Å². The van der Waals surface area contributed by atoms with Gasteiger partial charge in [-0.25, -0.2) is 13.1 Å². The summed E-state index contributed by atoms with van der Waals surface area (Å²) in [5, 5.41) is 28.1. The van der Waals surface area contributed by atoms with Gasteiger partial charge in [-0.1, -0.05) is 5.21 Å². The fraction of sp³-hybridized carbons (Fsp3) is 0.833. The number of aliphatic hydroxyl groups is 2. The number of nitrogens with zero attached hydrogens (tertiary/aromatic N) is 4. The third kappa shape index (κ3) is 4.46. The van der Waals surface area contributed by atoms with Gasteiger partial charge in [-0.2, -0.15) is 0 Å². The quantitative estimate of drug-likeness (QED) is 0.550. The molecule has 0 bridgehead atoms. The van der Waals surface area contributed by atoms with Gasteiger partial charge in [0.2, 0.25) is 10.0 Å². The molecule has 1 heterocycles. The highest BCUT2D eigenvalue weighted by atomic mass is 32.2. The first kappa shape index (κ1) is 17.3. The normalized spacial score (nSPS) is 29.4. The second kappa shape index (κ2) is 6.59. The molecule has 1 aromatic heterocycles. The van der Waals surface area contributed by atoms with Crippen LogP contribution in [0.4, 0.5) is 0 Å². The first-order valence-corrected chi connectivity index (χ1v) is 8.92. The zero-order chi connectivity index (χ0) is 16.5. The summed E-state index contributed by atoms with van der Waals surface area (Å²) >= 11 is 0.